The maximum absolute atomic E-state index is 11.6. The SMILES string of the molecule is CC(C)CCCCCOC(=O)CC(O)c1ccc(O)cc1. The van der Waals surface area contributed by atoms with Gasteiger partial charge in [0.15, 0.2) is 0 Å². The molecule has 0 bridgehead atoms. The van der Waals surface area contributed by atoms with Gasteiger partial charge in [0.2, 0.25) is 0 Å². The van der Waals surface area contributed by atoms with Gasteiger partial charge in [0.05, 0.1) is 19.1 Å². The average molecular weight is 294 g/mol. The van der Waals surface area contributed by atoms with Crippen LogP contribution in [-0.2, 0) is 9.53 Å². The molecule has 0 radical (unpaired) electrons. The summed E-state index contributed by atoms with van der Waals surface area (Å²) in [5.41, 5.74) is 0.599. The van der Waals surface area contributed by atoms with Gasteiger partial charge in [-0.25, -0.2) is 0 Å². The number of phenolic OH excluding ortho intramolecular Hbond substituents is 1. The van der Waals surface area contributed by atoms with Crippen molar-refractivity contribution in [2.75, 3.05) is 6.61 Å². The Labute approximate surface area is 126 Å². The number of benzene rings is 1. The van der Waals surface area contributed by atoms with Crippen molar-refractivity contribution < 1.29 is 19.7 Å². The van der Waals surface area contributed by atoms with E-state index in [1.807, 2.05) is 0 Å². The van der Waals surface area contributed by atoms with Crippen LogP contribution in [0.2, 0.25) is 0 Å². The molecular weight excluding hydrogens is 268 g/mol. The fourth-order valence-corrected chi connectivity index (χ4v) is 2.05. The van der Waals surface area contributed by atoms with Gasteiger partial charge in [0.1, 0.15) is 5.75 Å². The molecule has 0 aliphatic heterocycles. The van der Waals surface area contributed by atoms with Crippen LogP contribution in [0.1, 0.15) is 57.6 Å². The third-order valence-corrected chi connectivity index (χ3v) is 3.33. The van der Waals surface area contributed by atoms with Crippen LogP contribution in [0.3, 0.4) is 0 Å². The maximum atomic E-state index is 11.6. The van der Waals surface area contributed by atoms with Crippen molar-refractivity contribution in [3.63, 3.8) is 0 Å². The Morgan fingerprint density at radius 3 is 2.43 bits per heavy atom. The summed E-state index contributed by atoms with van der Waals surface area (Å²) in [4.78, 5) is 11.6. The van der Waals surface area contributed by atoms with Crippen molar-refractivity contribution in [1.29, 1.82) is 0 Å². The van der Waals surface area contributed by atoms with E-state index in [9.17, 15) is 9.90 Å². The first-order valence-electron chi connectivity index (χ1n) is 7.61. The van der Waals surface area contributed by atoms with Gasteiger partial charge in [-0.2, -0.15) is 0 Å². The van der Waals surface area contributed by atoms with E-state index in [2.05, 4.69) is 13.8 Å². The van der Waals surface area contributed by atoms with Gasteiger partial charge in [-0.3, -0.25) is 4.79 Å². The molecular formula is C17H26O4. The minimum absolute atomic E-state index is 0.0588. The molecule has 21 heavy (non-hydrogen) atoms. The molecule has 4 nitrogen and oxygen atoms in total. The lowest BCUT2D eigenvalue weighted by molar-refractivity contribution is -0.146. The molecule has 0 saturated heterocycles. The molecule has 0 spiro atoms. The zero-order valence-electron chi connectivity index (χ0n) is 12.9. The molecule has 1 aromatic carbocycles. The quantitative estimate of drug-likeness (QED) is 0.539. The Morgan fingerprint density at radius 1 is 1.14 bits per heavy atom. The number of unbranched alkanes of at least 4 members (excludes halogenated alkanes) is 2. The second-order valence-electron chi connectivity index (χ2n) is 5.78. The van der Waals surface area contributed by atoms with Crippen molar-refractivity contribution >= 4 is 5.97 Å². The summed E-state index contributed by atoms with van der Waals surface area (Å²) in [5.74, 6) is 0.461. The maximum Gasteiger partial charge on any atom is 0.308 e. The Balaban J connectivity index is 2.17. The van der Waals surface area contributed by atoms with Gasteiger partial charge in [-0.1, -0.05) is 45.2 Å². The van der Waals surface area contributed by atoms with Crippen LogP contribution in [0.4, 0.5) is 0 Å². The Morgan fingerprint density at radius 2 is 1.81 bits per heavy atom. The van der Waals surface area contributed by atoms with Gasteiger partial charge in [0, 0.05) is 0 Å². The van der Waals surface area contributed by atoms with Crippen LogP contribution >= 0.6 is 0 Å². The lowest BCUT2D eigenvalue weighted by Crippen LogP contribution is -2.11. The monoisotopic (exact) mass is 294 g/mol. The minimum Gasteiger partial charge on any atom is -0.508 e. The summed E-state index contributed by atoms with van der Waals surface area (Å²) in [7, 11) is 0. The second kappa shape index (κ2) is 9.40. The van der Waals surface area contributed by atoms with Crippen molar-refractivity contribution in [1.82, 2.24) is 0 Å². The number of ether oxygens (including phenoxy) is 1. The highest BCUT2D eigenvalue weighted by atomic mass is 16.5. The number of esters is 1. The third kappa shape index (κ3) is 7.71. The number of carbonyl (C=O) groups excluding carboxylic acids is 1. The summed E-state index contributed by atoms with van der Waals surface area (Å²) < 4.78 is 5.12. The summed E-state index contributed by atoms with van der Waals surface area (Å²) >= 11 is 0. The Kier molecular flexibility index (Phi) is 7.83. The summed E-state index contributed by atoms with van der Waals surface area (Å²) in [6.07, 6.45) is 3.34. The van der Waals surface area contributed by atoms with Gasteiger partial charge in [0.25, 0.3) is 0 Å². The minimum atomic E-state index is -0.890. The van der Waals surface area contributed by atoms with E-state index in [1.165, 1.54) is 18.6 Å². The second-order valence-corrected chi connectivity index (χ2v) is 5.78. The zero-order valence-corrected chi connectivity index (χ0v) is 12.9. The molecule has 0 aromatic heterocycles. The number of rotatable bonds is 9. The summed E-state index contributed by atoms with van der Waals surface area (Å²) in [5, 5.41) is 19.1. The van der Waals surface area contributed by atoms with Crippen LogP contribution in [0, 0.1) is 5.92 Å². The third-order valence-electron chi connectivity index (χ3n) is 3.33. The summed E-state index contributed by atoms with van der Waals surface area (Å²) in [6.45, 7) is 4.81. The highest BCUT2D eigenvalue weighted by Gasteiger charge is 2.14. The molecule has 0 fully saturated rings. The van der Waals surface area contributed by atoms with Crippen molar-refractivity contribution in [2.24, 2.45) is 5.92 Å². The Bertz CT molecular complexity index is 411. The van der Waals surface area contributed by atoms with Crippen LogP contribution in [0.25, 0.3) is 0 Å². The van der Waals surface area contributed by atoms with Crippen LogP contribution in [0.5, 0.6) is 5.75 Å². The van der Waals surface area contributed by atoms with E-state index in [4.69, 9.17) is 9.84 Å². The van der Waals surface area contributed by atoms with E-state index >= 15 is 0 Å². The van der Waals surface area contributed by atoms with Gasteiger partial charge in [-0.05, 0) is 30.0 Å². The number of hydrogen-bond donors (Lipinski definition) is 2. The number of carbonyl (C=O) groups is 1. The van der Waals surface area contributed by atoms with Gasteiger partial charge < -0.3 is 14.9 Å². The van der Waals surface area contributed by atoms with Crippen LogP contribution in [0.15, 0.2) is 24.3 Å². The molecule has 0 heterocycles. The van der Waals surface area contributed by atoms with E-state index in [-0.39, 0.29) is 18.1 Å². The number of aliphatic hydroxyl groups is 1. The topological polar surface area (TPSA) is 66.8 Å². The predicted molar refractivity (Wildman–Crippen MR) is 81.9 cm³/mol. The Hall–Kier alpha value is -1.55. The van der Waals surface area contributed by atoms with Crippen LogP contribution in [-0.4, -0.2) is 22.8 Å². The fraction of sp³-hybridized carbons (Fsp3) is 0.588. The number of hydrogen-bond acceptors (Lipinski definition) is 4. The average Bonchev–Trinajstić information content (AvgIpc) is 2.43. The van der Waals surface area contributed by atoms with Gasteiger partial charge in [-0.15, -0.1) is 0 Å². The molecule has 1 aromatic rings. The summed E-state index contributed by atoms with van der Waals surface area (Å²) in [6, 6.07) is 6.16. The standard InChI is InChI=1S/C17H26O4/c1-13(2)6-4-3-5-11-21-17(20)12-16(19)14-7-9-15(18)10-8-14/h7-10,13,16,18-19H,3-6,11-12H2,1-2H3. The first-order chi connectivity index (χ1) is 9.99. The van der Waals surface area contributed by atoms with Crippen LogP contribution < -0.4 is 0 Å². The molecule has 0 aliphatic carbocycles. The highest BCUT2D eigenvalue weighted by Crippen LogP contribution is 2.19. The van der Waals surface area contributed by atoms with E-state index < -0.39 is 6.10 Å². The normalized spacial score (nSPS) is 12.4. The van der Waals surface area contributed by atoms with E-state index in [1.54, 1.807) is 12.1 Å². The zero-order chi connectivity index (χ0) is 15.7. The van der Waals surface area contributed by atoms with Crippen molar-refractivity contribution in [3.8, 4) is 5.75 Å². The molecule has 1 atom stereocenters. The van der Waals surface area contributed by atoms with Crippen molar-refractivity contribution in [3.05, 3.63) is 29.8 Å². The molecule has 4 heteroatoms. The molecule has 118 valence electrons. The van der Waals surface area contributed by atoms with Crippen molar-refractivity contribution in [2.45, 2.75) is 52.1 Å². The molecule has 2 N–H and O–H groups in total. The molecule has 0 aliphatic rings. The van der Waals surface area contributed by atoms with E-state index in [0.717, 1.165) is 19.3 Å². The predicted octanol–water partition coefficient (Wildman–Crippen LogP) is 3.58. The number of phenols is 1. The smallest absolute Gasteiger partial charge is 0.308 e. The van der Waals surface area contributed by atoms with E-state index in [0.29, 0.717) is 18.1 Å². The lowest BCUT2D eigenvalue weighted by Gasteiger charge is -2.11. The molecule has 1 unspecified atom stereocenters. The lowest BCUT2D eigenvalue weighted by atomic mass is 10.1. The number of aliphatic hydroxyl groups excluding tert-OH is 1. The first-order valence-corrected chi connectivity index (χ1v) is 7.61. The molecule has 0 saturated carbocycles. The molecule has 1 rings (SSSR count). The first kappa shape index (κ1) is 17.5. The largest absolute Gasteiger partial charge is 0.508 e. The highest BCUT2D eigenvalue weighted by molar-refractivity contribution is 5.70. The fourth-order valence-electron chi connectivity index (χ4n) is 2.05. The molecule has 0 amide bonds. The number of aromatic hydroxyl groups is 1. The van der Waals surface area contributed by atoms with Gasteiger partial charge >= 0.3 is 5.97 Å².